The van der Waals surface area contributed by atoms with Gasteiger partial charge in [-0.25, -0.2) is 0 Å². The molecule has 2 amide bonds. The number of amides is 2. The van der Waals surface area contributed by atoms with E-state index in [1.807, 2.05) is 0 Å². The van der Waals surface area contributed by atoms with E-state index in [1.165, 1.54) is 19.1 Å². The zero-order chi connectivity index (χ0) is 20.0. The van der Waals surface area contributed by atoms with E-state index < -0.39 is 22.3 Å². The normalized spacial score (nSPS) is 10.6. The number of phenolic OH excluding ortho intramolecular Hbond substituents is 1. The molecule has 0 aromatic heterocycles. The number of rotatable bonds is 5. The van der Waals surface area contributed by atoms with E-state index in [-0.39, 0.29) is 17.0 Å². The van der Waals surface area contributed by atoms with Crippen molar-refractivity contribution in [1.82, 2.24) is 0 Å². The van der Waals surface area contributed by atoms with Crippen molar-refractivity contribution in [3.8, 4) is 11.8 Å². The number of hydrogen-bond acceptors (Lipinski definition) is 6. The number of nitrogens with one attached hydrogen (secondary N) is 2. The van der Waals surface area contributed by atoms with Crippen molar-refractivity contribution in [2.24, 2.45) is 0 Å². The number of carbonyl (C=O) groups excluding carboxylic acids is 2. The van der Waals surface area contributed by atoms with Crippen LogP contribution in [0.5, 0.6) is 5.75 Å². The molecule has 0 unspecified atom stereocenters. The molecule has 0 saturated heterocycles. The minimum Gasteiger partial charge on any atom is -0.502 e. The molecule has 0 radical (unpaired) electrons. The van der Waals surface area contributed by atoms with E-state index in [4.69, 9.17) is 0 Å². The molecular weight excluding hydrogens is 352 g/mol. The van der Waals surface area contributed by atoms with Crippen molar-refractivity contribution < 1.29 is 19.6 Å². The highest BCUT2D eigenvalue weighted by Gasteiger charge is 2.15. The Balaban J connectivity index is 2.19. The maximum Gasteiger partial charge on any atom is 0.311 e. The summed E-state index contributed by atoms with van der Waals surface area (Å²) in [6.07, 6.45) is 1.17. The summed E-state index contributed by atoms with van der Waals surface area (Å²) >= 11 is 0. The van der Waals surface area contributed by atoms with Gasteiger partial charge < -0.3 is 15.7 Å². The van der Waals surface area contributed by atoms with Crippen LogP contribution in [0, 0.1) is 21.4 Å². The quantitative estimate of drug-likeness (QED) is 0.321. The molecule has 9 nitrogen and oxygen atoms in total. The number of carbonyl (C=O) groups is 2. The van der Waals surface area contributed by atoms with E-state index in [0.717, 1.165) is 12.1 Å². The Morgan fingerprint density at radius 3 is 2.26 bits per heavy atom. The lowest BCUT2D eigenvalue weighted by Crippen LogP contribution is -2.13. The number of nitro groups is 1. The number of aromatic hydroxyl groups is 1. The first kappa shape index (κ1) is 19.1. The Kier molecular flexibility index (Phi) is 5.86. The van der Waals surface area contributed by atoms with E-state index >= 15 is 0 Å². The predicted octanol–water partition coefficient (Wildman–Crippen LogP) is 2.80. The van der Waals surface area contributed by atoms with Crippen molar-refractivity contribution in [2.75, 3.05) is 10.6 Å². The highest BCUT2D eigenvalue weighted by atomic mass is 16.6. The van der Waals surface area contributed by atoms with Crippen LogP contribution >= 0.6 is 0 Å². The van der Waals surface area contributed by atoms with Gasteiger partial charge in [0.2, 0.25) is 5.91 Å². The molecule has 2 rings (SSSR count). The van der Waals surface area contributed by atoms with Crippen LogP contribution in [0.2, 0.25) is 0 Å². The first-order valence-corrected chi connectivity index (χ1v) is 7.58. The molecule has 2 aromatic rings. The molecule has 0 aliphatic rings. The summed E-state index contributed by atoms with van der Waals surface area (Å²) in [5.41, 5.74) is 0.350. The summed E-state index contributed by atoms with van der Waals surface area (Å²) in [4.78, 5) is 33.3. The number of nitriles is 1. The molecule has 27 heavy (non-hydrogen) atoms. The molecule has 2 aromatic carbocycles. The van der Waals surface area contributed by atoms with Crippen LogP contribution in [0.1, 0.15) is 12.5 Å². The Morgan fingerprint density at radius 1 is 1.15 bits per heavy atom. The predicted molar refractivity (Wildman–Crippen MR) is 97.7 cm³/mol. The van der Waals surface area contributed by atoms with Crippen molar-refractivity contribution in [3.63, 3.8) is 0 Å². The second kappa shape index (κ2) is 8.26. The zero-order valence-corrected chi connectivity index (χ0v) is 14.1. The second-order valence-electron chi connectivity index (χ2n) is 5.39. The lowest BCUT2D eigenvalue weighted by molar-refractivity contribution is -0.385. The summed E-state index contributed by atoms with van der Waals surface area (Å²) in [6.45, 7) is 1.37. The van der Waals surface area contributed by atoms with Crippen LogP contribution in [-0.2, 0) is 9.59 Å². The van der Waals surface area contributed by atoms with Gasteiger partial charge in [-0.1, -0.05) is 6.07 Å². The van der Waals surface area contributed by atoms with Gasteiger partial charge in [0.05, 0.1) is 4.92 Å². The van der Waals surface area contributed by atoms with Gasteiger partial charge >= 0.3 is 5.69 Å². The summed E-state index contributed by atoms with van der Waals surface area (Å²) < 4.78 is 0. The third-order valence-corrected chi connectivity index (χ3v) is 3.34. The van der Waals surface area contributed by atoms with Crippen molar-refractivity contribution in [3.05, 3.63) is 63.7 Å². The fourth-order valence-corrected chi connectivity index (χ4v) is 2.13. The molecule has 9 heteroatoms. The average Bonchev–Trinajstić information content (AvgIpc) is 2.61. The van der Waals surface area contributed by atoms with E-state index in [9.17, 15) is 30.1 Å². The lowest BCUT2D eigenvalue weighted by atomic mass is 10.1. The first-order valence-electron chi connectivity index (χ1n) is 7.58. The number of phenols is 1. The fraction of sp³-hybridized carbons (Fsp3) is 0.0556. The van der Waals surface area contributed by atoms with Gasteiger partial charge in [0.1, 0.15) is 11.6 Å². The lowest BCUT2D eigenvalue weighted by Gasteiger charge is -2.06. The number of nitrogens with zero attached hydrogens (tertiary/aromatic N) is 2. The number of anilines is 2. The van der Waals surface area contributed by atoms with E-state index in [0.29, 0.717) is 11.4 Å². The minimum absolute atomic E-state index is 0.215. The van der Waals surface area contributed by atoms with Crippen molar-refractivity contribution in [1.29, 1.82) is 5.26 Å². The minimum atomic E-state index is -0.768. The van der Waals surface area contributed by atoms with Crippen LogP contribution in [0.3, 0.4) is 0 Å². The molecule has 0 aliphatic heterocycles. The topological polar surface area (TPSA) is 145 Å². The number of benzene rings is 2. The first-order chi connectivity index (χ1) is 12.8. The van der Waals surface area contributed by atoms with Gasteiger partial charge in [-0.2, -0.15) is 5.26 Å². The SMILES string of the molecule is CC(=O)Nc1ccc(NC(=O)/C(C#N)=C/c2ccc(O)c([N+](=O)[O-])c2)cc1. The molecule has 136 valence electrons. The monoisotopic (exact) mass is 366 g/mol. The maximum atomic E-state index is 12.2. The van der Waals surface area contributed by atoms with Crippen LogP contribution in [0.4, 0.5) is 17.1 Å². The Labute approximate surface area is 153 Å². The van der Waals surface area contributed by atoms with Crippen molar-refractivity contribution >= 4 is 35.0 Å². The highest BCUT2D eigenvalue weighted by Crippen LogP contribution is 2.27. The van der Waals surface area contributed by atoms with Gasteiger partial charge in [0.25, 0.3) is 5.91 Å². The summed E-state index contributed by atoms with van der Waals surface area (Å²) in [6, 6.07) is 11.5. The molecule has 0 bridgehead atoms. The molecule has 3 N–H and O–H groups in total. The van der Waals surface area contributed by atoms with Gasteiger partial charge in [-0.05, 0) is 42.0 Å². The zero-order valence-electron chi connectivity index (χ0n) is 14.1. The molecule has 0 spiro atoms. The average molecular weight is 366 g/mol. The largest absolute Gasteiger partial charge is 0.502 e. The Bertz CT molecular complexity index is 974. The smallest absolute Gasteiger partial charge is 0.311 e. The van der Waals surface area contributed by atoms with E-state index in [1.54, 1.807) is 30.3 Å². The van der Waals surface area contributed by atoms with E-state index in [2.05, 4.69) is 10.6 Å². The molecular formula is C18H14N4O5. The van der Waals surface area contributed by atoms with Crippen LogP contribution in [0.25, 0.3) is 6.08 Å². The maximum absolute atomic E-state index is 12.2. The van der Waals surface area contributed by atoms with Crippen LogP contribution in [0.15, 0.2) is 48.0 Å². The van der Waals surface area contributed by atoms with Gasteiger partial charge in [0, 0.05) is 24.4 Å². The molecule has 0 fully saturated rings. The number of nitro benzene ring substituents is 1. The van der Waals surface area contributed by atoms with Crippen LogP contribution in [-0.4, -0.2) is 21.8 Å². The van der Waals surface area contributed by atoms with Gasteiger partial charge in [-0.3, -0.25) is 19.7 Å². The number of hydrogen-bond donors (Lipinski definition) is 3. The molecule has 0 atom stereocenters. The van der Waals surface area contributed by atoms with Crippen molar-refractivity contribution in [2.45, 2.75) is 6.92 Å². The third kappa shape index (κ3) is 5.14. The van der Waals surface area contributed by atoms with Gasteiger partial charge in [0.15, 0.2) is 5.75 Å². The van der Waals surface area contributed by atoms with Gasteiger partial charge in [-0.15, -0.1) is 0 Å². The summed E-state index contributed by atoms with van der Waals surface area (Å²) in [5, 5.41) is 34.6. The Morgan fingerprint density at radius 2 is 1.74 bits per heavy atom. The molecule has 0 heterocycles. The summed E-state index contributed by atoms with van der Waals surface area (Å²) in [5.74, 6) is -1.45. The van der Waals surface area contributed by atoms with Crippen LogP contribution < -0.4 is 10.6 Å². The third-order valence-electron chi connectivity index (χ3n) is 3.34. The summed E-state index contributed by atoms with van der Waals surface area (Å²) in [7, 11) is 0. The standard InChI is InChI=1S/C18H14N4O5/c1-11(23)20-14-3-5-15(6-4-14)21-18(25)13(10-19)8-12-2-7-17(24)16(9-12)22(26)27/h2-9,24H,1H3,(H,20,23)(H,21,25)/b13-8+. The fourth-order valence-electron chi connectivity index (χ4n) is 2.13. The molecule has 0 saturated carbocycles. The molecule has 0 aliphatic carbocycles. The second-order valence-corrected chi connectivity index (χ2v) is 5.39. The highest BCUT2D eigenvalue weighted by molar-refractivity contribution is 6.09. The Hall–Kier alpha value is -4.19.